The molecule has 1 unspecified atom stereocenters. The lowest BCUT2D eigenvalue weighted by molar-refractivity contribution is -0.693. The molecule has 0 aliphatic carbocycles. The summed E-state index contributed by atoms with van der Waals surface area (Å²) < 4.78 is 26.9. The van der Waals surface area contributed by atoms with Crippen molar-refractivity contribution in [1.29, 1.82) is 0 Å². The lowest BCUT2D eigenvalue weighted by Gasteiger charge is -2.10. The van der Waals surface area contributed by atoms with Crippen LogP contribution in [0, 0.1) is 0 Å². The Kier molecular flexibility index (Phi) is 14.4. The second-order valence-electron chi connectivity index (χ2n) is 8.19. The molecule has 0 aliphatic heterocycles. The van der Waals surface area contributed by atoms with Gasteiger partial charge in [0.2, 0.25) is 6.29 Å². The maximum Gasteiger partial charge on any atom is 0.276 e. The Bertz CT molecular complexity index is 1280. The van der Waals surface area contributed by atoms with Crippen LogP contribution in [-0.2, 0) is 35.6 Å². The summed E-state index contributed by atoms with van der Waals surface area (Å²) in [5, 5.41) is 0. The molecule has 1 atom stereocenters. The molecule has 4 aromatic heterocycles. The van der Waals surface area contributed by atoms with Crippen LogP contribution in [0.3, 0.4) is 0 Å². The summed E-state index contributed by atoms with van der Waals surface area (Å²) in [4.78, 5) is 36.5. The van der Waals surface area contributed by atoms with Crippen molar-refractivity contribution in [2.45, 2.75) is 40.6 Å². The van der Waals surface area contributed by atoms with Gasteiger partial charge in [0.25, 0.3) is 8.25 Å². The van der Waals surface area contributed by atoms with Gasteiger partial charge in [-0.2, -0.15) is 4.57 Å². The van der Waals surface area contributed by atoms with E-state index in [2.05, 4.69) is 72.0 Å². The Morgan fingerprint density at radius 2 is 0.949 bits per heavy atom. The number of aryl methyl sites for hydroxylation is 3. The Morgan fingerprint density at radius 1 is 0.692 bits per heavy atom. The predicted octanol–water partition coefficient (Wildman–Crippen LogP) is 0.938. The van der Waals surface area contributed by atoms with Crippen molar-refractivity contribution in [2.24, 2.45) is 7.05 Å². The van der Waals surface area contributed by atoms with Gasteiger partial charge < -0.3 is 24.1 Å². The molecule has 0 saturated carbocycles. The van der Waals surface area contributed by atoms with E-state index in [4.69, 9.17) is 19.2 Å². The molecular weight excluding hydrogens is 538 g/mol. The second kappa shape index (κ2) is 16.7. The number of pyridine rings is 4. The fourth-order valence-corrected chi connectivity index (χ4v) is 3.97. The number of rotatable bonds is 6. The molecule has 208 valence electrons. The van der Waals surface area contributed by atoms with Crippen LogP contribution in [0.5, 0.6) is 0 Å². The van der Waals surface area contributed by atoms with E-state index in [0.29, 0.717) is 0 Å². The molecule has 0 fully saturated rings. The molecule has 0 saturated heterocycles. The summed E-state index contributed by atoms with van der Waals surface area (Å²) >= 11 is 0. The van der Waals surface area contributed by atoms with Crippen LogP contribution in [0.4, 0.5) is 0 Å². The van der Waals surface area contributed by atoms with E-state index in [1.54, 1.807) is 12.4 Å². The number of hydrogen-bond acceptors (Lipinski definition) is 5. The van der Waals surface area contributed by atoms with Gasteiger partial charge in [-0.3, -0.25) is 0 Å². The lowest BCUT2D eigenvalue weighted by Crippen LogP contribution is -2.34. The molecule has 12 heteroatoms. The number of aromatic nitrogens is 4. The molecule has 1 N–H and O–H groups in total. The van der Waals surface area contributed by atoms with Gasteiger partial charge in [0.1, 0.15) is 20.1 Å². The van der Waals surface area contributed by atoms with Crippen LogP contribution in [0.2, 0.25) is 0 Å². The smallest absolute Gasteiger partial charge is 0.276 e. The quantitative estimate of drug-likeness (QED) is 0.269. The zero-order valence-electron chi connectivity index (χ0n) is 21.5. The standard InChI is InChI=1S/C14H18N2.C12H13N2O3P.CH4.HO3P/c1-3-15-9-5-13(6-10-15)14-7-11-16(4-2)12-8-14;1-13-6-2-11(3-7-13)12-4-8-14(9-5-12)10-18(15,16)17;;1-4(2)3/h5-12H,3-4H2,1-2H3;2-9H,10H2,1H3;1H4;(H,1,2,3)/q+2;;;. The zero-order valence-corrected chi connectivity index (χ0v) is 23.3. The van der Waals surface area contributed by atoms with E-state index in [1.165, 1.54) is 15.7 Å². The van der Waals surface area contributed by atoms with Crippen LogP contribution < -0.4 is 32.9 Å². The third kappa shape index (κ3) is 12.9. The van der Waals surface area contributed by atoms with Crippen LogP contribution in [0.1, 0.15) is 21.3 Å². The van der Waals surface area contributed by atoms with Crippen molar-refractivity contribution >= 4 is 15.9 Å². The summed E-state index contributed by atoms with van der Waals surface area (Å²) in [6.45, 7) is 6.33. The minimum atomic E-state index is -4.27. The Balaban J connectivity index is 0.000000337. The van der Waals surface area contributed by atoms with Crippen LogP contribution in [0.25, 0.3) is 22.3 Å². The van der Waals surface area contributed by atoms with Crippen LogP contribution in [-0.4, -0.2) is 4.89 Å². The zero-order chi connectivity index (χ0) is 28.1. The molecule has 0 aliphatic rings. The van der Waals surface area contributed by atoms with Crippen molar-refractivity contribution in [2.75, 3.05) is 0 Å². The highest BCUT2D eigenvalue weighted by Gasteiger charge is 2.10. The average Bonchev–Trinajstić information content (AvgIpc) is 2.89. The van der Waals surface area contributed by atoms with E-state index in [0.717, 1.165) is 24.2 Å². The SMILES string of the molecule is C.CC[n+]1ccc(-c2cc[n+](CC)cc2)cc1.C[n+]1ccc(-c2cc[n+](CP(=O)([O-])O)cc2)cc1.O=[P+]([O-])[O-]. The summed E-state index contributed by atoms with van der Waals surface area (Å²) in [5.41, 5.74) is 4.58. The van der Waals surface area contributed by atoms with Crippen LogP contribution in [0.15, 0.2) is 98.1 Å². The van der Waals surface area contributed by atoms with Crippen molar-refractivity contribution in [3.8, 4) is 22.3 Å². The fourth-order valence-electron chi connectivity index (χ4n) is 3.37. The van der Waals surface area contributed by atoms with Gasteiger partial charge >= 0.3 is 0 Å². The summed E-state index contributed by atoms with van der Waals surface area (Å²) in [7, 11) is -5.70. The van der Waals surface area contributed by atoms with E-state index < -0.39 is 22.1 Å². The summed E-state index contributed by atoms with van der Waals surface area (Å²) in [6.07, 6.45) is 15.2. The van der Waals surface area contributed by atoms with E-state index in [1.807, 2.05) is 48.3 Å². The van der Waals surface area contributed by atoms with Crippen molar-refractivity contribution < 1.29 is 47.0 Å². The first-order chi connectivity index (χ1) is 18.0. The molecule has 4 rings (SSSR count). The Labute approximate surface area is 230 Å². The maximum atomic E-state index is 10.8. The third-order valence-electron chi connectivity index (χ3n) is 5.39. The molecule has 39 heavy (non-hydrogen) atoms. The molecule has 0 spiro atoms. The molecule has 0 radical (unpaired) electrons. The first-order valence-electron chi connectivity index (χ1n) is 11.8. The van der Waals surface area contributed by atoms with Gasteiger partial charge in [-0.15, -0.1) is 0 Å². The van der Waals surface area contributed by atoms with Gasteiger partial charge in [-0.25, -0.2) is 13.7 Å². The summed E-state index contributed by atoms with van der Waals surface area (Å²) in [6, 6.07) is 16.2. The molecule has 10 nitrogen and oxygen atoms in total. The monoisotopic (exact) mass is 574 g/mol. The first-order valence-corrected chi connectivity index (χ1v) is 14.6. The largest absolute Gasteiger partial charge is 0.774 e. The van der Waals surface area contributed by atoms with Crippen molar-refractivity contribution in [3.05, 3.63) is 98.1 Å². The van der Waals surface area contributed by atoms with Gasteiger partial charge in [0, 0.05) is 48.5 Å². The minimum absolute atomic E-state index is 0. The predicted molar refractivity (Wildman–Crippen MR) is 141 cm³/mol. The van der Waals surface area contributed by atoms with Gasteiger partial charge in [-0.05, 0) is 36.1 Å². The Hall–Kier alpha value is -3.23. The topological polar surface area (TPSA) is 139 Å². The highest BCUT2D eigenvalue weighted by molar-refractivity contribution is 7.48. The highest BCUT2D eigenvalue weighted by atomic mass is 31.2. The molecule has 4 heterocycles. The van der Waals surface area contributed by atoms with E-state index in [9.17, 15) is 9.46 Å². The normalized spacial score (nSPS) is 11.5. The maximum absolute atomic E-state index is 10.8. The van der Waals surface area contributed by atoms with E-state index >= 15 is 0 Å². The fraction of sp³-hybridized carbons (Fsp3) is 0.259. The molecule has 0 amide bonds. The molecular formula is C27H36N4O6P2+2. The first kappa shape index (κ1) is 33.8. The second-order valence-corrected chi connectivity index (χ2v) is 10.2. The minimum Gasteiger partial charge on any atom is -0.774 e. The lowest BCUT2D eigenvalue weighted by atomic mass is 10.1. The highest BCUT2D eigenvalue weighted by Crippen LogP contribution is 2.28. The van der Waals surface area contributed by atoms with Gasteiger partial charge in [-0.1, -0.05) is 12.0 Å². The Morgan fingerprint density at radius 3 is 1.21 bits per heavy atom. The van der Waals surface area contributed by atoms with Crippen LogP contribution >= 0.6 is 15.9 Å². The molecule has 0 aromatic carbocycles. The number of hydrogen-bond donors (Lipinski definition) is 1. The van der Waals surface area contributed by atoms with Crippen molar-refractivity contribution in [3.63, 3.8) is 0 Å². The van der Waals surface area contributed by atoms with Gasteiger partial charge in [0.15, 0.2) is 57.2 Å². The van der Waals surface area contributed by atoms with E-state index in [-0.39, 0.29) is 7.43 Å². The number of nitrogens with zero attached hydrogens (tertiary/aromatic N) is 4. The van der Waals surface area contributed by atoms with Gasteiger partial charge in [0.05, 0.1) is 0 Å². The molecule has 0 bridgehead atoms. The summed E-state index contributed by atoms with van der Waals surface area (Å²) in [5.74, 6) is 0. The van der Waals surface area contributed by atoms with Crippen molar-refractivity contribution in [1.82, 2.24) is 0 Å². The average molecular weight is 575 g/mol. The third-order valence-corrected chi connectivity index (χ3v) is 6.07. The molecule has 4 aromatic rings.